The maximum Gasteiger partial charge on any atom is 0.407 e. The van der Waals surface area contributed by atoms with Gasteiger partial charge in [0.2, 0.25) is 0 Å². The second-order valence-corrected chi connectivity index (χ2v) is 6.47. The Hall–Kier alpha value is -3.87. The molecule has 0 bridgehead atoms. The highest BCUT2D eigenvalue weighted by atomic mass is 19.1. The van der Waals surface area contributed by atoms with Crippen molar-refractivity contribution in [1.29, 1.82) is 0 Å². The van der Waals surface area contributed by atoms with Gasteiger partial charge in [0, 0.05) is 18.0 Å². The van der Waals surface area contributed by atoms with Crippen LogP contribution < -0.4 is 5.32 Å². The van der Waals surface area contributed by atoms with Crippen molar-refractivity contribution < 1.29 is 23.5 Å². The lowest BCUT2D eigenvalue weighted by Gasteiger charge is -2.16. The van der Waals surface area contributed by atoms with Gasteiger partial charge in [0.15, 0.2) is 11.6 Å². The van der Waals surface area contributed by atoms with Crippen LogP contribution in [0.15, 0.2) is 79.1 Å². The smallest absolute Gasteiger partial charge is 0.407 e. The summed E-state index contributed by atoms with van der Waals surface area (Å²) in [5.41, 5.74) is 1.43. The van der Waals surface area contributed by atoms with E-state index in [1.54, 1.807) is 24.3 Å². The predicted octanol–water partition coefficient (Wildman–Crippen LogP) is 3.68. The van der Waals surface area contributed by atoms with Gasteiger partial charge in [-0.3, -0.25) is 14.6 Å². The summed E-state index contributed by atoms with van der Waals surface area (Å²) in [6, 6.07) is 17.1. The third-order valence-corrected chi connectivity index (χ3v) is 4.37. The number of aromatic nitrogens is 1. The third-order valence-electron chi connectivity index (χ3n) is 4.37. The molecule has 0 aliphatic carbocycles. The Kier molecular flexibility index (Phi) is 7.00. The van der Waals surface area contributed by atoms with Crippen molar-refractivity contribution >= 4 is 17.7 Å². The highest BCUT2D eigenvalue weighted by molar-refractivity contribution is 6.15. The van der Waals surface area contributed by atoms with Crippen LogP contribution in [0.5, 0.6) is 0 Å². The Morgan fingerprint density at radius 2 is 1.60 bits per heavy atom. The molecule has 6 nitrogen and oxygen atoms in total. The van der Waals surface area contributed by atoms with Crippen molar-refractivity contribution in [2.75, 3.05) is 6.54 Å². The van der Waals surface area contributed by atoms with Crippen molar-refractivity contribution in [3.8, 4) is 0 Å². The molecule has 0 aliphatic heterocycles. The lowest BCUT2D eigenvalue weighted by Crippen LogP contribution is -2.35. The summed E-state index contributed by atoms with van der Waals surface area (Å²) >= 11 is 0. The first-order valence-corrected chi connectivity index (χ1v) is 9.21. The van der Waals surface area contributed by atoms with Gasteiger partial charge in [0.05, 0.1) is 6.54 Å². The second kappa shape index (κ2) is 10.1. The Labute approximate surface area is 172 Å². The Bertz CT molecular complexity index is 1010. The average molecular weight is 406 g/mol. The number of pyridine rings is 1. The number of nitrogens with one attached hydrogen (secondary N) is 1. The van der Waals surface area contributed by atoms with E-state index in [-0.39, 0.29) is 12.2 Å². The first-order chi connectivity index (χ1) is 14.5. The van der Waals surface area contributed by atoms with Crippen LogP contribution in [0.3, 0.4) is 0 Å². The molecule has 1 amide bonds. The van der Waals surface area contributed by atoms with E-state index in [0.717, 1.165) is 17.7 Å². The number of Topliss-reactive ketones (excluding diaryl/α,β-unsaturated/α-hetero) is 2. The molecular formula is C23H19FN2O4. The SMILES string of the molecule is O=C(NCC(=O)C(C(=O)c1ccc(F)cc1)c1ccncc1)OCc1ccccc1. The molecule has 7 heteroatoms. The standard InChI is InChI=1S/C23H19FN2O4/c24-19-8-6-18(7-9-19)22(28)21(17-10-12-25-13-11-17)20(27)14-26-23(29)30-15-16-4-2-1-3-5-16/h1-13,21H,14-15H2,(H,26,29). The lowest BCUT2D eigenvalue weighted by atomic mass is 9.87. The zero-order valence-corrected chi connectivity index (χ0v) is 16.0. The summed E-state index contributed by atoms with van der Waals surface area (Å²) in [6.45, 7) is -0.337. The van der Waals surface area contributed by atoms with Crippen LogP contribution in [0, 0.1) is 5.82 Å². The Balaban J connectivity index is 1.67. The molecule has 1 N–H and O–H groups in total. The number of alkyl carbamates (subject to hydrolysis) is 1. The van der Waals surface area contributed by atoms with E-state index in [2.05, 4.69) is 10.3 Å². The van der Waals surface area contributed by atoms with Gasteiger partial charge in [0.25, 0.3) is 0 Å². The minimum Gasteiger partial charge on any atom is -0.445 e. The van der Waals surface area contributed by atoms with E-state index in [9.17, 15) is 18.8 Å². The number of rotatable bonds is 8. The fraction of sp³-hybridized carbons (Fsp3) is 0.130. The average Bonchev–Trinajstić information content (AvgIpc) is 2.78. The van der Waals surface area contributed by atoms with Crippen LogP contribution in [-0.2, 0) is 16.1 Å². The summed E-state index contributed by atoms with van der Waals surface area (Å²) in [5.74, 6) is -2.66. The fourth-order valence-electron chi connectivity index (χ4n) is 2.86. The highest BCUT2D eigenvalue weighted by Crippen LogP contribution is 2.22. The van der Waals surface area contributed by atoms with Crippen LogP contribution in [0.2, 0.25) is 0 Å². The molecule has 0 fully saturated rings. The van der Waals surface area contributed by atoms with E-state index in [0.29, 0.717) is 5.56 Å². The fourth-order valence-corrected chi connectivity index (χ4v) is 2.86. The quantitative estimate of drug-likeness (QED) is 0.456. The van der Waals surface area contributed by atoms with Crippen molar-refractivity contribution in [3.63, 3.8) is 0 Å². The van der Waals surface area contributed by atoms with Gasteiger partial charge < -0.3 is 10.1 Å². The first kappa shape index (κ1) is 20.9. The second-order valence-electron chi connectivity index (χ2n) is 6.47. The largest absolute Gasteiger partial charge is 0.445 e. The normalized spacial score (nSPS) is 11.4. The number of carbonyl (C=O) groups is 3. The van der Waals surface area contributed by atoms with Crippen molar-refractivity contribution in [2.24, 2.45) is 0 Å². The van der Waals surface area contributed by atoms with Crippen molar-refractivity contribution in [1.82, 2.24) is 10.3 Å². The Morgan fingerprint density at radius 1 is 0.933 bits per heavy atom. The van der Waals surface area contributed by atoms with Crippen LogP contribution in [0.1, 0.15) is 27.4 Å². The van der Waals surface area contributed by atoms with Crippen LogP contribution >= 0.6 is 0 Å². The first-order valence-electron chi connectivity index (χ1n) is 9.21. The van der Waals surface area contributed by atoms with E-state index in [4.69, 9.17) is 4.74 Å². The number of carbonyl (C=O) groups excluding carboxylic acids is 3. The topological polar surface area (TPSA) is 85.4 Å². The summed E-state index contributed by atoms with van der Waals surface area (Å²) in [4.78, 5) is 41.6. The zero-order chi connectivity index (χ0) is 21.3. The summed E-state index contributed by atoms with van der Waals surface area (Å²) < 4.78 is 18.3. The minimum absolute atomic E-state index is 0.0587. The molecule has 0 spiro atoms. The van der Waals surface area contributed by atoms with Crippen molar-refractivity contribution in [3.05, 3.63) is 102 Å². The number of halogens is 1. The summed E-state index contributed by atoms with van der Waals surface area (Å²) in [6.07, 6.45) is 2.17. The number of ketones is 2. The molecule has 0 radical (unpaired) electrons. The molecule has 1 heterocycles. The molecule has 30 heavy (non-hydrogen) atoms. The predicted molar refractivity (Wildman–Crippen MR) is 107 cm³/mol. The van der Waals surface area contributed by atoms with Crippen molar-refractivity contribution in [2.45, 2.75) is 12.5 Å². The number of amides is 1. The maximum absolute atomic E-state index is 13.2. The maximum atomic E-state index is 13.2. The van der Waals surface area contributed by atoms with Gasteiger partial charge in [0.1, 0.15) is 18.3 Å². The van der Waals surface area contributed by atoms with E-state index >= 15 is 0 Å². The number of hydrogen-bond donors (Lipinski definition) is 1. The summed E-state index contributed by atoms with van der Waals surface area (Å²) in [7, 11) is 0. The zero-order valence-electron chi connectivity index (χ0n) is 16.0. The van der Waals surface area contributed by atoms with Gasteiger partial charge in [-0.05, 0) is 47.5 Å². The molecule has 152 valence electrons. The highest BCUT2D eigenvalue weighted by Gasteiger charge is 2.29. The molecule has 3 rings (SSSR count). The van der Waals surface area contributed by atoms with Gasteiger partial charge in [-0.25, -0.2) is 9.18 Å². The molecule has 1 unspecified atom stereocenters. The van der Waals surface area contributed by atoms with Crippen LogP contribution in [0.4, 0.5) is 9.18 Å². The van der Waals surface area contributed by atoms with E-state index < -0.39 is 35.9 Å². The van der Waals surface area contributed by atoms with Gasteiger partial charge in [-0.1, -0.05) is 30.3 Å². The molecule has 0 saturated heterocycles. The van der Waals surface area contributed by atoms with Gasteiger partial charge >= 0.3 is 6.09 Å². The number of ether oxygens (including phenoxy) is 1. The van der Waals surface area contributed by atoms with Gasteiger partial charge in [-0.2, -0.15) is 0 Å². The summed E-state index contributed by atoms with van der Waals surface area (Å²) in [5, 5.41) is 2.38. The molecule has 3 aromatic rings. The number of hydrogen-bond acceptors (Lipinski definition) is 5. The lowest BCUT2D eigenvalue weighted by molar-refractivity contribution is -0.118. The van der Waals surface area contributed by atoms with E-state index in [1.807, 2.05) is 18.2 Å². The molecule has 0 aliphatic rings. The molecule has 0 saturated carbocycles. The monoisotopic (exact) mass is 406 g/mol. The van der Waals surface area contributed by atoms with Crippen LogP contribution in [0.25, 0.3) is 0 Å². The molecule has 1 atom stereocenters. The molecular weight excluding hydrogens is 387 g/mol. The number of benzene rings is 2. The van der Waals surface area contributed by atoms with Gasteiger partial charge in [-0.15, -0.1) is 0 Å². The van der Waals surface area contributed by atoms with E-state index in [1.165, 1.54) is 24.5 Å². The third kappa shape index (κ3) is 5.57. The van der Waals surface area contributed by atoms with Crippen LogP contribution in [-0.4, -0.2) is 29.2 Å². The minimum atomic E-state index is -1.16. The molecule has 2 aromatic carbocycles. The Morgan fingerprint density at radius 3 is 2.27 bits per heavy atom. The number of nitrogens with zero attached hydrogens (tertiary/aromatic N) is 1. The molecule has 1 aromatic heterocycles.